The van der Waals surface area contributed by atoms with E-state index in [1.807, 2.05) is 23.1 Å². The highest BCUT2D eigenvalue weighted by molar-refractivity contribution is 7.13. The summed E-state index contributed by atoms with van der Waals surface area (Å²) in [6.07, 6.45) is 0.792. The van der Waals surface area contributed by atoms with E-state index in [9.17, 15) is 14.0 Å². The molecule has 164 valence electrons. The van der Waals surface area contributed by atoms with Gasteiger partial charge in [0.15, 0.2) is 0 Å². The van der Waals surface area contributed by atoms with Crippen LogP contribution in [0.5, 0.6) is 0 Å². The van der Waals surface area contributed by atoms with E-state index in [0.29, 0.717) is 23.4 Å². The highest BCUT2D eigenvalue weighted by Gasteiger charge is 2.25. The number of nitrogens with zero attached hydrogens (tertiary/aromatic N) is 1. The summed E-state index contributed by atoms with van der Waals surface area (Å²) >= 11 is 1.70. The molecule has 6 heteroatoms. The summed E-state index contributed by atoms with van der Waals surface area (Å²) in [6.45, 7) is 2.17. The standard InChI is InChI=1S/C27H21FN2O2S/c1-17-21(6-4-7-23(17)28)26(31)29-20-11-9-19(10-12-20)27(32)30-15-13-18-14-16-33-25(18)22-5-2-3-8-24(22)30/h2-12,14,16H,13,15H2,1H3,(H,29,31). The lowest BCUT2D eigenvalue weighted by Gasteiger charge is -2.23. The first-order valence-electron chi connectivity index (χ1n) is 10.7. The van der Waals surface area contributed by atoms with Crippen LogP contribution in [0, 0.1) is 12.7 Å². The minimum Gasteiger partial charge on any atom is -0.322 e. The van der Waals surface area contributed by atoms with E-state index in [1.165, 1.54) is 22.6 Å². The summed E-state index contributed by atoms with van der Waals surface area (Å²) < 4.78 is 13.8. The maximum absolute atomic E-state index is 13.8. The summed E-state index contributed by atoms with van der Waals surface area (Å²) in [4.78, 5) is 29.0. The maximum atomic E-state index is 13.8. The van der Waals surface area contributed by atoms with Crippen LogP contribution in [-0.4, -0.2) is 18.4 Å². The molecule has 4 aromatic rings. The Balaban J connectivity index is 1.37. The molecule has 0 unspecified atom stereocenters. The predicted molar refractivity (Wildman–Crippen MR) is 131 cm³/mol. The molecule has 0 saturated carbocycles. The van der Waals surface area contributed by atoms with Gasteiger partial charge in [-0.2, -0.15) is 0 Å². The van der Waals surface area contributed by atoms with Gasteiger partial charge in [-0.15, -0.1) is 11.3 Å². The van der Waals surface area contributed by atoms with Crippen LogP contribution in [-0.2, 0) is 6.42 Å². The van der Waals surface area contributed by atoms with E-state index in [-0.39, 0.29) is 11.5 Å². The maximum Gasteiger partial charge on any atom is 0.258 e. The number of para-hydroxylation sites is 1. The molecule has 4 nitrogen and oxygen atoms in total. The number of carbonyl (C=O) groups is 2. The molecule has 1 aliphatic rings. The van der Waals surface area contributed by atoms with Crippen molar-refractivity contribution in [3.05, 3.63) is 106 Å². The molecule has 5 rings (SSSR count). The number of amides is 2. The van der Waals surface area contributed by atoms with Gasteiger partial charge < -0.3 is 10.2 Å². The number of halogens is 1. The van der Waals surface area contributed by atoms with E-state index in [1.54, 1.807) is 48.6 Å². The first-order valence-corrected chi connectivity index (χ1v) is 11.5. The van der Waals surface area contributed by atoms with Crippen LogP contribution in [0.15, 0.2) is 78.2 Å². The Labute approximate surface area is 195 Å². The van der Waals surface area contributed by atoms with E-state index in [4.69, 9.17) is 0 Å². The minimum absolute atomic E-state index is 0.0866. The molecule has 33 heavy (non-hydrogen) atoms. The van der Waals surface area contributed by atoms with E-state index in [0.717, 1.165) is 17.7 Å². The number of rotatable bonds is 3. The smallest absolute Gasteiger partial charge is 0.258 e. The highest BCUT2D eigenvalue weighted by Crippen LogP contribution is 2.40. The fraction of sp³-hybridized carbons (Fsp3) is 0.111. The zero-order chi connectivity index (χ0) is 22.9. The summed E-state index contributed by atoms with van der Waals surface area (Å²) in [5.41, 5.74) is 4.89. The Hall–Kier alpha value is -3.77. The summed E-state index contributed by atoms with van der Waals surface area (Å²) in [6, 6.07) is 21.3. The topological polar surface area (TPSA) is 49.4 Å². The van der Waals surface area contributed by atoms with Gasteiger partial charge in [-0.25, -0.2) is 4.39 Å². The number of carbonyl (C=O) groups excluding carboxylic acids is 2. The highest BCUT2D eigenvalue weighted by atomic mass is 32.1. The third-order valence-corrected chi connectivity index (χ3v) is 6.93. The molecule has 1 aliphatic heterocycles. The first-order chi connectivity index (χ1) is 16.0. The number of benzene rings is 3. The van der Waals surface area contributed by atoms with Crippen molar-refractivity contribution in [1.29, 1.82) is 0 Å². The number of anilines is 2. The van der Waals surface area contributed by atoms with Gasteiger partial charge >= 0.3 is 0 Å². The Morgan fingerprint density at radius 2 is 1.76 bits per heavy atom. The Morgan fingerprint density at radius 1 is 0.970 bits per heavy atom. The van der Waals surface area contributed by atoms with Gasteiger partial charge in [0.2, 0.25) is 0 Å². The Bertz CT molecular complexity index is 1360. The van der Waals surface area contributed by atoms with Crippen molar-refractivity contribution >= 4 is 34.5 Å². The summed E-state index contributed by atoms with van der Waals surface area (Å²) in [7, 11) is 0. The predicted octanol–water partition coefficient (Wildman–Crippen LogP) is 6.32. The zero-order valence-electron chi connectivity index (χ0n) is 18.0. The number of hydrogen-bond acceptors (Lipinski definition) is 3. The van der Waals surface area contributed by atoms with Crippen molar-refractivity contribution < 1.29 is 14.0 Å². The quantitative estimate of drug-likeness (QED) is 0.392. The fourth-order valence-electron chi connectivity index (χ4n) is 4.14. The van der Waals surface area contributed by atoms with Crippen LogP contribution in [0.4, 0.5) is 15.8 Å². The van der Waals surface area contributed by atoms with E-state index < -0.39 is 11.7 Å². The van der Waals surface area contributed by atoms with Crippen molar-refractivity contribution in [3.8, 4) is 10.4 Å². The molecule has 0 aliphatic carbocycles. The van der Waals surface area contributed by atoms with E-state index in [2.05, 4.69) is 22.8 Å². The third-order valence-electron chi connectivity index (χ3n) is 5.94. The van der Waals surface area contributed by atoms with Crippen molar-refractivity contribution in [3.63, 3.8) is 0 Å². The lowest BCUT2D eigenvalue weighted by Crippen LogP contribution is -2.32. The van der Waals surface area contributed by atoms with Gasteiger partial charge in [-0.1, -0.05) is 24.3 Å². The van der Waals surface area contributed by atoms with Crippen molar-refractivity contribution in [1.82, 2.24) is 0 Å². The van der Waals surface area contributed by atoms with Crippen LogP contribution in [0.2, 0.25) is 0 Å². The Kier molecular flexibility index (Phi) is 5.52. The third kappa shape index (κ3) is 3.94. The lowest BCUT2D eigenvalue weighted by atomic mass is 10.1. The summed E-state index contributed by atoms with van der Waals surface area (Å²) in [5, 5.41) is 4.87. The van der Waals surface area contributed by atoms with Crippen LogP contribution >= 0.6 is 11.3 Å². The van der Waals surface area contributed by atoms with Gasteiger partial charge in [-0.05, 0) is 78.4 Å². The second kappa shape index (κ2) is 8.64. The van der Waals surface area contributed by atoms with Gasteiger partial charge in [0, 0.05) is 33.8 Å². The van der Waals surface area contributed by atoms with Crippen molar-refractivity contribution in [2.24, 2.45) is 0 Å². The molecular weight excluding hydrogens is 435 g/mol. The molecule has 2 amide bonds. The monoisotopic (exact) mass is 456 g/mol. The molecule has 3 aromatic carbocycles. The molecule has 0 atom stereocenters. The van der Waals surface area contributed by atoms with Crippen LogP contribution in [0.3, 0.4) is 0 Å². The van der Waals surface area contributed by atoms with Crippen LogP contribution in [0.1, 0.15) is 31.8 Å². The molecule has 0 saturated heterocycles. The Morgan fingerprint density at radius 3 is 2.58 bits per heavy atom. The molecule has 0 radical (unpaired) electrons. The van der Waals surface area contributed by atoms with Crippen LogP contribution in [0.25, 0.3) is 10.4 Å². The number of nitrogens with one attached hydrogen (secondary N) is 1. The normalized spacial score (nSPS) is 12.5. The first kappa shape index (κ1) is 21.1. The molecule has 2 heterocycles. The molecular formula is C27H21FN2O2S. The molecule has 0 fully saturated rings. The number of thiophene rings is 1. The van der Waals surface area contributed by atoms with Crippen molar-refractivity contribution in [2.45, 2.75) is 13.3 Å². The van der Waals surface area contributed by atoms with Gasteiger partial charge in [0.05, 0.1) is 5.69 Å². The van der Waals surface area contributed by atoms with E-state index >= 15 is 0 Å². The second-order valence-electron chi connectivity index (χ2n) is 7.94. The largest absolute Gasteiger partial charge is 0.322 e. The number of fused-ring (bicyclic) bond motifs is 3. The molecule has 1 N–H and O–H groups in total. The molecule has 0 spiro atoms. The SMILES string of the molecule is Cc1c(F)cccc1C(=O)Nc1ccc(C(=O)N2CCc3ccsc3-c3ccccc32)cc1. The van der Waals surface area contributed by atoms with Gasteiger partial charge in [-0.3, -0.25) is 9.59 Å². The summed E-state index contributed by atoms with van der Waals surface area (Å²) in [5.74, 6) is -0.897. The molecule has 1 aromatic heterocycles. The van der Waals surface area contributed by atoms with Gasteiger partial charge in [0.25, 0.3) is 11.8 Å². The van der Waals surface area contributed by atoms with Crippen molar-refractivity contribution in [2.75, 3.05) is 16.8 Å². The average molecular weight is 457 g/mol. The van der Waals surface area contributed by atoms with Crippen LogP contribution < -0.4 is 10.2 Å². The fourth-order valence-corrected chi connectivity index (χ4v) is 5.13. The zero-order valence-corrected chi connectivity index (χ0v) is 18.8. The average Bonchev–Trinajstić information content (AvgIpc) is 3.24. The molecule has 0 bridgehead atoms. The lowest BCUT2D eigenvalue weighted by molar-refractivity contribution is 0.0986. The second-order valence-corrected chi connectivity index (χ2v) is 8.86. The van der Waals surface area contributed by atoms with Gasteiger partial charge in [0.1, 0.15) is 5.82 Å². The minimum atomic E-state index is -0.421. The number of hydrogen-bond donors (Lipinski definition) is 1.